The molecular weight excluding hydrogens is 285 g/mol. The molecule has 22 heavy (non-hydrogen) atoms. The van der Waals surface area contributed by atoms with E-state index in [0.717, 1.165) is 0 Å². The van der Waals surface area contributed by atoms with Crippen LogP contribution in [0, 0.1) is 5.82 Å². The number of carbonyl (C=O) groups is 2. The lowest BCUT2D eigenvalue weighted by atomic mass is 10.1. The molecule has 0 bridgehead atoms. The molecule has 110 valence electrons. The summed E-state index contributed by atoms with van der Waals surface area (Å²) in [4.78, 5) is 24.4. The zero-order chi connectivity index (χ0) is 15.7. The number of fused-ring (bicyclic) bond motifs is 1. The highest BCUT2D eigenvalue weighted by Gasteiger charge is 2.20. The van der Waals surface area contributed by atoms with E-state index in [2.05, 4.69) is 0 Å². The fraction of sp³-hybridized carbons (Fsp3) is 0.0588. The number of esters is 1. The summed E-state index contributed by atoms with van der Waals surface area (Å²) in [7, 11) is 1.29. The van der Waals surface area contributed by atoms with Gasteiger partial charge in [0.05, 0.1) is 23.9 Å². The molecule has 0 spiro atoms. The molecule has 4 nitrogen and oxygen atoms in total. The van der Waals surface area contributed by atoms with Gasteiger partial charge in [0.25, 0.3) is 0 Å². The quantitative estimate of drug-likeness (QED) is 0.551. The first-order valence-corrected chi connectivity index (χ1v) is 6.60. The number of methoxy groups -OCH3 is 1. The normalized spacial score (nSPS) is 10.6. The predicted octanol–water partition coefficient (Wildman–Crippen LogP) is 3.10. The number of halogens is 1. The predicted molar refractivity (Wildman–Crippen MR) is 78.6 cm³/mol. The van der Waals surface area contributed by atoms with E-state index < -0.39 is 11.8 Å². The number of carbonyl (C=O) groups excluding carboxylic acids is 2. The van der Waals surface area contributed by atoms with Gasteiger partial charge in [-0.25, -0.2) is 9.18 Å². The fourth-order valence-corrected chi connectivity index (χ4v) is 2.35. The molecule has 0 aliphatic carbocycles. The van der Waals surface area contributed by atoms with Crippen LogP contribution in [-0.4, -0.2) is 23.3 Å². The molecule has 1 aromatic carbocycles. The highest BCUT2D eigenvalue weighted by Crippen LogP contribution is 2.20. The van der Waals surface area contributed by atoms with E-state index in [-0.39, 0.29) is 5.78 Å². The molecule has 5 heteroatoms. The van der Waals surface area contributed by atoms with Crippen molar-refractivity contribution in [2.45, 2.75) is 0 Å². The summed E-state index contributed by atoms with van der Waals surface area (Å²) < 4.78 is 19.4. The van der Waals surface area contributed by atoms with E-state index in [1.165, 1.54) is 37.4 Å². The molecular formula is C17H12FNO3. The monoisotopic (exact) mass is 297 g/mol. The Morgan fingerprint density at radius 2 is 1.82 bits per heavy atom. The van der Waals surface area contributed by atoms with Crippen LogP contribution in [0.15, 0.2) is 54.7 Å². The minimum Gasteiger partial charge on any atom is -0.465 e. The number of ketones is 1. The van der Waals surface area contributed by atoms with Crippen LogP contribution in [0.4, 0.5) is 4.39 Å². The minimum atomic E-state index is -0.512. The number of benzene rings is 1. The topological polar surface area (TPSA) is 47.8 Å². The minimum absolute atomic E-state index is 0.295. The van der Waals surface area contributed by atoms with Crippen molar-refractivity contribution in [1.82, 2.24) is 4.40 Å². The Hall–Kier alpha value is -2.95. The molecule has 0 saturated carbocycles. The maximum Gasteiger partial charge on any atom is 0.340 e. The molecule has 0 N–H and O–H groups in total. The molecule has 0 aliphatic rings. The van der Waals surface area contributed by atoms with Gasteiger partial charge in [-0.15, -0.1) is 0 Å². The zero-order valence-electron chi connectivity index (χ0n) is 11.7. The van der Waals surface area contributed by atoms with Crippen molar-refractivity contribution < 1.29 is 18.7 Å². The molecule has 3 rings (SSSR count). The third kappa shape index (κ3) is 2.26. The van der Waals surface area contributed by atoms with E-state index in [4.69, 9.17) is 4.74 Å². The Bertz CT molecular complexity index is 865. The lowest BCUT2D eigenvalue weighted by Gasteiger charge is -2.02. The number of hydrogen-bond acceptors (Lipinski definition) is 3. The number of ether oxygens (including phenoxy) is 1. The second-order valence-electron chi connectivity index (χ2n) is 4.73. The number of pyridine rings is 1. The molecule has 0 unspecified atom stereocenters. The van der Waals surface area contributed by atoms with Crippen molar-refractivity contribution in [1.29, 1.82) is 0 Å². The molecule has 0 radical (unpaired) electrons. The van der Waals surface area contributed by atoms with Crippen LogP contribution in [0.3, 0.4) is 0 Å². The summed E-state index contributed by atoms with van der Waals surface area (Å²) in [5, 5.41) is 0. The van der Waals surface area contributed by atoms with Gasteiger partial charge < -0.3 is 9.14 Å². The van der Waals surface area contributed by atoms with Gasteiger partial charge in [-0.2, -0.15) is 0 Å². The largest absolute Gasteiger partial charge is 0.465 e. The third-order valence-electron chi connectivity index (χ3n) is 3.42. The molecule has 0 atom stereocenters. The second-order valence-corrected chi connectivity index (χ2v) is 4.73. The average Bonchev–Trinajstić information content (AvgIpc) is 2.94. The molecule has 2 aromatic heterocycles. The lowest BCUT2D eigenvalue weighted by molar-refractivity contribution is 0.0603. The maximum absolute atomic E-state index is 13.0. The van der Waals surface area contributed by atoms with Gasteiger partial charge in [-0.1, -0.05) is 6.07 Å². The van der Waals surface area contributed by atoms with E-state index in [1.54, 1.807) is 28.8 Å². The number of rotatable bonds is 3. The second kappa shape index (κ2) is 5.44. The van der Waals surface area contributed by atoms with Gasteiger partial charge >= 0.3 is 5.97 Å². The molecule has 3 aromatic rings. The molecule has 0 fully saturated rings. The van der Waals surface area contributed by atoms with E-state index in [9.17, 15) is 14.0 Å². The SMILES string of the molecule is COC(=O)c1cc(C(=O)c2ccc(F)cc2)n2ccccc12. The Balaban J connectivity index is 2.16. The van der Waals surface area contributed by atoms with E-state index in [1.807, 2.05) is 0 Å². The highest BCUT2D eigenvalue weighted by molar-refractivity contribution is 6.11. The summed E-state index contributed by atoms with van der Waals surface area (Å²) in [6.45, 7) is 0. The van der Waals surface area contributed by atoms with Crippen molar-refractivity contribution in [3.8, 4) is 0 Å². The zero-order valence-corrected chi connectivity index (χ0v) is 11.7. The van der Waals surface area contributed by atoms with Crippen LogP contribution in [0.2, 0.25) is 0 Å². The van der Waals surface area contributed by atoms with Crippen molar-refractivity contribution >= 4 is 17.3 Å². The number of nitrogens with zero attached hydrogens (tertiary/aromatic N) is 1. The number of aromatic nitrogens is 1. The van der Waals surface area contributed by atoms with Crippen LogP contribution in [0.5, 0.6) is 0 Å². The first-order chi connectivity index (χ1) is 10.6. The van der Waals surface area contributed by atoms with Crippen LogP contribution in [0.25, 0.3) is 5.52 Å². The summed E-state index contributed by atoms with van der Waals surface area (Å²) >= 11 is 0. The van der Waals surface area contributed by atoms with Gasteiger partial charge in [0, 0.05) is 11.8 Å². The Kier molecular flexibility index (Phi) is 3.47. The van der Waals surface area contributed by atoms with E-state index >= 15 is 0 Å². The summed E-state index contributed by atoms with van der Waals surface area (Å²) in [5.74, 6) is -1.22. The average molecular weight is 297 g/mol. The fourth-order valence-electron chi connectivity index (χ4n) is 2.35. The van der Waals surface area contributed by atoms with Crippen LogP contribution in [0.1, 0.15) is 26.4 Å². The van der Waals surface area contributed by atoms with Gasteiger partial charge in [0.15, 0.2) is 0 Å². The summed E-state index contributed by atoms with van der Waals surface area (Å²) in [5.41, 5.74) is 1.57. The van der Waals surface area contributed by atoms with Crippen molar-refractivity contribution in [3.63, 3.8) is 0 Å². The lowest BCUT2D eigenvalue weighted by Crippen LogP contribution is -2.04. The van der Waals surface area contributed by atoms with Gasteiger partial charge in [-0.3, -0.25) is 4.79 Å². The van der Waals surface area contributed by atoms with Crippen molar-refractivity contribution in [2.75, 3.05) is 7.11 Å². The molecule has 0 amide bonds. The van der Waals surface area contributed by atoms with Crippen molar-refractivity contribution in [3.05, 3.63) is 77.4 Å². The third-order valence-corrected chi connectivity index (χ3v) is 3.42. The van der Waals surface area contributed by atoms with Gasteiger partial charge in [0.2, 0.25) is 5.78 Å². The standard InChI is InChI=1S/C17H12FNO3/c1-22-17(21)13-10-15(19-9-3-2-4-14(13)19)16(20)11-5-7-12(18)8-6-11/h2-10H,1H3. The van der Waals surface area contributed by atoms with Gasteiger partial charge in [0.1, 0.15) is 5.82 Å². The van der Waals surface area contributed by atoms with Crippen LogP contribution < -0.4 is 0 Å². The Morgan fingerprint density at radius 3 is 2.50 bits per heavy atom. The van der Waals surface area contributed by atoms with Crippen molar-refractivity contribution in [2.24, 2.45) is 0 Å². The van der Waals surface area contributed by atoms with E-state index in [0.29, 0.717) is 22.3 Å². The molecule has 0 saturated heterocycles. The smallest absolute Gasteiger partial charge is 0.340 e. The highest BCUT2D eigenvalue weighted by atomic mass is 19.1. The molecule has 2 heterocycles. The van der Waals surface area contributed by atoms with Gasteiger partial charge in [-0.05, 0) is 42.5 Å². The number of hydrogen-bond donors (Lipinski definition) is 0. The maximum atomic E-state index is 13.0. The Labute approximate surface area is 125 Å². The first-order valence-electron chi connectivity index (χ1n) is 6.60. The Morgan fingerprint density at radius 1 is 1.09 bits per heavy atom. The summed E-state index contributed by atoms with van der Waals surface area (Å²) in [6.07, 6.45) is 1.69. The molecule has 0 aliphatic heterocycles. The first kappa shape index (κ1) is 14.0. The van der Waals surface area contributed by atoms with Crippen LogP contribution >= 0.6 is 0 Å². The van der Waals surface area contributed by atoms with Crippen LogP contribution in [-0.2, 0) is 4.74 Å². The summed E-state index contributed by atoms with van der Waals surface area (Å²) in [6, 6.07) is 12.0.